The topological polar surface area (TPSA) is 92.2 Å². The molecule has 1 aromatic carbocycles. The zero-order valence-corrected chi connectivity index (χ0v) is 18.2. The van der Waals surface area contributed by atoms with Crippen LogP contribution < -0.4 is 9.47 Å². The number of pyridine rings is 1. The summed E-state index contributed by atoms with van der Waals surface area (Å²) in [6.07, 6.45) is 3.89. The number of methoxy groups -OCH3 is 2. The number of amides is 1. The second kappa shape index (κ2) is 9.61. The normalized spacial score (nSPS) is 18.0. The summed E-state index contributed by atoms with van der Waals surface area (Å²) in [5.41, 5.74) is 0.861. The first-order chi connectivity index (χ1) is 14.9. The molecule has 1 aliphatic rings. The molecule has 1 fully saturated rings. The Morgan fingerprint density at radius 3 is 2.35 bits per heavy atom. The van der Waals surface area contributed by atoms with Crippen LogP contribution in [0.4, 0.5) is 0 Å². The number of ketones is 1. The number of ether oxygens (including phenoxy) is 2. The molecule has 164 valence electrons. The van der Waals surface area contributed by atoms with Gasteiger partial charge >= 0.3 is 0 Å². The summed E-state index contributed by atoms with van der Waals surface area (Å²) in [7, 11) is 6.81. The van der Waals surface area contributed by atoms with Gasteiger partial charge in [0.1, 0.15) is 22.8 Å². The van der Waals surface area contributed by atoms with Crippen LogP contribution in [0, 0.1) is 0 Å². The van der Waals surface area contributed by atoms with Crippen LogP contribution in [0.15, 0.2) is 48.3 Å². The summed E-state index contributed by atoms with van der Waals surface area (Å²) in [5, 5.41) is 11.3. The fraction of sp³-hybridized carbons (Fsp3) is 0.348. The van der Waals surface area contributed by atoms with Gasteiger partial charge in [-0.1, -0.05) is 12.1 Å². The van der Waals surface area contributed by atoms with Crippen LogP contribution in [0.5, 0.6) is 11.5 Å². The van der Waals surface area contributed by atoms with Crippen molar-refractivity contribution in [3.63, 3.8) is 0 Å². The Kier molecular flexibility index (Phi) is 6.91. The number of nitrogens with zero attached hydrogens (tertiary/aromatic N) is 3. The van der Waals surface area contributed by atoms with Crippen LogP contribution >= 0.6 is 0 Å². The van der Waals surface area contributed by atoms with Crippen LogP contribution in [0.25, 0.3) is 5.76 Å². The van der Waals surface area contributed by atoms with Crippen LogP contribution in [-0.2, 0) is 9.59 Å². The number of hydrogen-bond acceptors (Lipinski definition) is 7. The monoisotopic (exact) mass is 425 g/mol. The fourth-order valence-corrected chi connectivity index (χ4v) is 3.77. The van der Waals surface area contributed by atoms with E-state index in [1.165, 1.54) is 19.1 Å². The van der Waals surface area contributed by atoms with Crippen LogP contribution in [0.2, 0.25) is 0 Å². The molecular formula is C23H27N3O5. The van der Waals surface area contributed by atoms with E-state index in [0.29, 0.717) is 30.0 Å². The van der Waals surface area contributed by atoms with Crippen molar-refractivity contribution in [3.05, 3.63) is 59.4 Å². The third kappa shape index (κ3) is 4.39. The minimum Gasteiger partial charge on any atom is -0.506 e. The van der Waals surface area contributed by atoms with Gasteiger partial charge in [-0.15, -0.1) is 0 Å². The first kappa shape index (κ1) is 22.3. The Labute approximate surface area is 181 Å². The first-order valence-electron chi connectivity index (χ1n) is 9.95. The van der Waals surface area contributed by atoms with E-state index in [9.17, 15) is 14.7 Å². The second-order valence-corrected chi connectivity index (χ2v) is 7.47. The number of likely N-dealkylation sites (tertiary alicyclic amines) is 1. The van der Waals surface area contributed by atoms with Gasteiger partial charge in [-0.3, -0.25) is 14.6 Å². The van der Waals surface area contributed by atoms with Crippen molar-refractivity contribution >= 4 is 17.4 Å². The summed E-state index contributed by atoms with van der Waals surface area (Å²) < 4.78 is 10.8. The predicted molar refractivity (Wildman–Crippen MR) is 116 cm³/mol. The van der Waals surface area contributed by atoms with E-state index in [1.54, 1.807) is 42.7 Å². The fourth-order valence-electron chi connectivity index (χ4n) is 3.77. The molecule has 1 atom stereocenters. The molecule has 0 aliphatic carbocycles. The molecular weight excluding hydrogens is 398 g/mol. The van der Waals surface area contributed by atoms with Gasteiger partial charge < -0.3 is 24.4 Å². The summed E-state index contributed by atoms with van der Waals surface area (Å²) in [6.45, 7) is 1.12. The molecule has 0 spiro atoms. The van der Waals surface area contributed by atoms with Gasteiger partial charge in [-0.05, 0) is 50.8 Å². The predicted octanol–water partition coefficient (Wildman–Crippen LogP) is 2.47. The molecule has 1 saturated heterocycles. The highest BCUT2D eigenvalue weighted by molar-refractivity contribution is 6.46. The maximum atomic E-state index is 13.1. The highest BCUT2D eigenvalue weighted by atomic mass is 16.5. The first-order valence-corrected chi connectivity index (χ1v) is 9.95. The van der Waals surface area contributed by atoms with Gasteiger partial charge in [0.25, 0.3) is 11.7 Å². The average molecular weight is 425 g/mol. The van der Waals surface area contributed by atoms with Gasteiger partial charge in [-0.2, -0.15) is 0 Å². The molecule has 1 N–H and O–H groups in total. The second-order valence-electron chi connectivity index (χ2n) is 7.47. The Hall–Kier alpha value is -3.39. The van der Waals surface area contributed by atoms with Crippen LogP contribution in [0.1, 0.15) is 23.6 Å². The van der Waals surface area contributed by atoms with E-state index in [-0.39, 0.29) is 16.9 Å². The summed E-state index contributed by atoms with van der Waals surface area (Å²) in [4.78, 5) is 33.7. The van der Waals surface area contributed by atoms with E-state index in [2.05, 4.69) is 4.98 Å². The van der Waals surface area contributed by atoms with Crippen molar-refractivity contribution in [2.24, 2.45) is 0 Å². The lowest BCUT2D eigenvalue weighted by Crippen LogP contribution is -2.32. The van der Waals surface area contributed by atoms with Crippen molar-refractivity contribution < 1.29 is 24.2 Å². The Morgan fingerprint density at radius 2 is 1.81 bits per heavy atom. The van der Waals surface area contributed by atoms with Gasteiger partial charge in [0.15, 0.2) is 0 Å². The number of carbonyl (C=O) groups is 2. The van der Waals surface area contributed by atoms with Gasteiger partial charge in [-0.25, -0.2) is 0 Å². The summed E-state index contributed by atoms with van der Waals surface area (Å²) in [5.74, 6) is -1.06. The van der Waals surface area contributed by atoms with Gasteiger partial charge in [0.05, 0.1) is 25.8 Å². The average Bonchev–Trinajstić information content (AvgIpc) is 3.03. The standard InChI is InChI=1S/C23H27N3O5/c1-25(2)12-7-13-26-20(15-8-6-11-24-14-15)19(22(28)23(26)29)21(27)18-16(30-3)9-5-10-17(18)31-4/h5-6,8-11,14,20,27H,7,12-13H2,1-4H3/b21-19+. The number of hydrogen-bond donors (Lipinski definition) is 1. The van der Waals surface area contributed by atoms with Crippen molar-refractivity contribution in [1.82, 2.24) is 14.8 Å². The Morgan fingerprint density at radius 1 is 1.13 bits per heavy atom. The number of Topliss-reactive ketones (excluding diaryl/α,β-unsaturated/α-hetero) is 1. The van der Waals surface area contributed by atoms with Crippen LogP contribution in [0.3, 0.4) is 0 Å². The SMILES string of the molecule is COc1cccc(OC)c1/C(O)=C1\C(=O)C(=O)N(CCCN(C)C)C1c1cccnc1. The molecule has 1 amide bonds. The molecule has 2 aromatic rings. The minimum absolute atomic E-state index is 0.00865. The zero-order chi connectivity index (χ0) is 22.5. The molecule has 0 saturated carbocycles. The molecule has 1 unspecified atom stereocenters. The Balaban J connectivity index is 2.17. The summed E-state index contributed by atoms with van der Waals surface area (Å²) >= 11 is 0. The number of benzene rings is 1. The van der Waals surface area contributed by atoms with Crippen molar-refractivity contribution in [2.45, 2.75) is 12.5 Å². The molecule has 1 aromatic heterocycles. The molecule has 3 rings (SSSR count). The lowest BCUT2D eigenvalue weighted by Gasteiger charge is -2.26. The van der Waals surface area contributed by atoms with Crippen molar-refractivity contribution in [3.8, 4) is 11.5 Å². The molecule has 8 nitrogen and oxygen atoms in total. The molecule has 2 heterocycles. The van der Waals surface area contributed by atoms with E-state index in [4.69, 9.17) is 9.47 Å². The lowest BCUT2D eigenvalue weighted by molar-refractivity contribution is -0.139. The molecule has 0 bridgehead atoms. The van der Waals surface area contributed by atoms with Crippen LogP contribution in [-0.4, -0.2) is 73.0 Å². The molecule has 31 heavy (non-hydrogen) atoms. The third-order valence-electron chi connectivity index (χ3n) is 5.21. The minimum atomic E-state index is -0.759. The quantitative estimate of drug-likeness (QED) is 0.395. The third-order valence-corrected chi connectivity index (χ3v) is 5.21. The molecule has 1 aliphatic heterocycles. The maximum absolute atomic E-state index is 13.1. The number of aromatic nitrogens is 1. The van der Waals surface area contributed by atoms with E-state index < -0.39 is 17.7 Å². The number of rotatable bonds is 8. The number of aliphatic hydroxyl groups is 1. The van der Waals surface area contributed by atoms with Crippen molar-refractivity contribution in [1.29, 1.82) is 0 Å². The molecule has 0 radical (unpaired) electrons. The smallest absolute Gasteiger partial charge is 0.295 e. The zero-order valence-electron chi connectivity index (χ0n) is 18.2. The molecule has 8 heteroatoms. The van der Waals surface area contributed by atoms with E-state index in [0.717, 1.165) is 6.54 Å². The maximum Gasteiger partial charge on any atom is 0.295 e. The highest BCUT2D eigenvalue weighted by Crippen LogP contribution is 2.43. The number of aliphatic hydroxyl groups excluding tert-OH is 1. The highest BCUT2D eigenvalue weighted by Gasteiger charge is 2.46. The summed E-state index contributed by atoms with van der Waals surface area (Å²) in [6, 6.07) is 7.79. The van der Waals surface area contributed by atoms with E-state index in [1.807, 2.05) is 19.0 Å². The lowest BCUT2D eigenvalue weighted by atomic mass is 9.95. The number of carbonyl (C=O) groups excluding carboxylic acids is 2. The Bertz CT molecular complexity index is 966. The van der Waals surface area contributed by atoms with E-state index >= 15 is 0 Å². The van der Waals surface area contributed by atoms with Gasteiger partial charge in [0, 0.05) is 18.9 Å². The largest absolute Gasteiger partial charge is 0.506 e. The van der Waals surface area contributed by atoms with Crippen molar-refractivity contribution in [2.75, 3.05) is 41.4 Å². The van der Waals surface area contributed by atoms with Gasteiger partial charge in [0.2, 0.25) is 0 Å².